The van der Waals surface area contributed by atoms with Gasteiger partial charge in [-0.1, -0.05) is 44.2 Å². The Morgan fingerprint density at radius 2 is 1.59 bits per heavy atom. The molecule has 3 aromatic rings. The molecule has 0 aliphatic rings. The number of hydrogen-bond donors (Lipinski definition) is 2. The Balaban J connectivity index is 1.92. The summed E-state index contributed by atoms with van der Waals surface area (Å²) < 4.78 is 1.41. The van der Waals surface area contributed by atoms with Crippen LogP contribution in [-0.4, -0.2) is 4.57 Å². The highest BCUT2D eigenvalue weighted by Gasteiger charge is 2.25. The van der Waals surface area contributed by atoms with Crippen LogP contribution in [0.5, 0.6) is 0 Å². The monoisotopic (exact) mass is 365 g/mol. The van der Waals surface area contributed by atoms with Crippen LogP contribution in [-0.2, 0) is 7.05 Å². The van der Waals surface area contributed by atoms with E-state index in [0.717, 1.165) is 12.0 Å². The molecule has 0 saturated heterocycles. The summed E-state index contributed by atoms with van der Waals surface area (Å²) in [4.78, 5) is 36.5. The molecule has 27 heavy (non-hydrogen) atoms. The second-order valence-electron chi connectivity index (χ2n) is 7.11. The fourth-order valence-corrected chi connectivity index (χ4v) is 3.09. The summed E-state index contributed by atoms with van der Waals surface area (Å²) in [6.45, 7) is 4.21. The van der Waals surface area contributed by atoms with E-state index in [1.54, 1.807) is 25.4 Å². The number of hydrogen-bond acceptors (Lipinski definition) is 5. The second kappa shape index (κ2) is 7.61. The van der Waals surface area contributed by atoms with Crippen molar-refractivity contribution in [2.45, 2.75) is 26.3 Å². The zero-order valence-electron chi connectivity index (χ0n) is 15.7. The number of pyridine rings is 1. The molecule has 0 aliphatic carbocycles. The maximum atomic E-state index is 12.2. The summed E-state index contributed by atoms with van der Waals surface area (Å²) >= 11 is 0. The van der Waals surface area contributed by atoms with E-state index in [1.165, 1.54) is 4.57 Å². The highest BCUT2D eigenvalue weighted by molar-refractivity contribution is 5.78. The molecular weight excluding hydrogens is 342 g/mol. The first-order chi connectivity index (χ1) is 12.9. The molecule has 1 aromatic heterocycles. The molecule has 6 heteroatoms. The lowest BCUT2D eigenvalue weighted by molar-refractivity contribution is 0.530. The van der Waals surface area contributed by atoms with Crippen LogP contribution in [0.3, 0.4) is 0 Å². The largest absolute Gasteiger partial charge is 0.373 e. The van der Waals surface area contributed by atoms with Crippen LogP contribution in [0.1, 0.15) is 31.9 Å². The number of anilines is 3. The van der Waals surface area contributed by atoms with E-state index in [-0.39, 0.29) is 28.7 Å². The van der Waals surface area contributed by atoms with Gasteiger partial charge in [0.15, 0.2) is 0 Å². The minimum atomic E-state index is -0.611. The van der Waals surface area contributed by atoms with Gasteiger partial charge in [0.1, 0.15) is 17.1 Å². The molecule has 0 spiro atoms. The SMILES string of the molecule is CC(C)CC(Nc1c(Nc2cccn(C)c2=O)c(=O)c1=O)c1ccccc1. The lowest BCUT2D eigenvalue weighted by Crippen LogP contribution is -2.38. The number of aromatic nitrogens is 1. The molecule has 2 aromatic carbocycles. The third kappa shape index (κ3) is 3.84. The summed E-state index contributed by atoms with van der Waals surface area (Å²) in [6.07, 6.45) is 2.43. The Morgan fingerprint density at radius 1 is 0.926 bits per heavy atom. The summed E-state index contributed by atoms with van der Waals surface area (Å²) in [7, 11) is 1.63. The molecule has 1 unspecified atom stereocenters. The van der Waals surface area contributed by atoms with E-state index in [9.17, 15) is 14.4 Å². The van der Waals surface area contributed by atoms with Gasteiger partial charge in [-0.2, -0.15) is 0 Å². The molecule has 0 saturated carbocycles. The lowest BCUT2D eigenvalue weighted by Gasteiger charge is -2.24. The maximum Gasteiger partial charge on any atom is 0.273 e. The van der Waals surface area contributed by atoms with Crippen LogP contribution in [0, 0.1) is 5.92 Å². The van der Waals surface area contributed by atoms with Gasteiger partial charge in [-0.15, -0.1) is 0 Å². The fourth-order valence-electron chi connectivity index (χ4n) is 3.09. The van der Waals surface area contributed by atoms with Gasteiger partial charge in [-0.05, 0) is 30.0 Å². The first kappa shape index (κ1) is 18.6. The summed E-state index contributed by atoms with van der Waals surface area (Å²) in [5, 5.41) is 6.06. The van der Waals surface area contributed by atoms with Gasteiger partial charge < -0.3 is 15.2 Å². The number of benzene rings is 1. The van der Waals surface area contributed by atoms with Gasteiger partial charge in [0, 0.05) is 13.2 Å². The van der Waals surface area contributed by atoms with E-state index in [2.05, 4.69) is 24.5 Å². The topological polar surface area (TPSA) is 80.2 Å². The molecule has 6 nitrogen and oxygen atoms in total. The van der Waals surface area contributed by atoms with E-state index < -0.39 is 10.9 Å². The van der Waals surface area contributed by atoms with Crippen molar-refractivity contribution in [2.75, 3.05) is 10.6 Å². The Morgan fingerprint density at radius 3 is 2.26 bits per heavy atom. The Labute approximate surface area is 157 Å². The quantitative estimate of drug-likeness (QED) is 0.629. The maximum absolute atomic E-state index is 12.2. The van der Waals surface area contributed by atoms with Crippen LogP contribution in [0.25, 0.3) is 0 Å². The van der Waals surface area contributed by atoms with Crippen molar-refractivity contribution < 1.29 is 0 Å². The van der Waals surface area contributed by atoms with Gasteiger partial charge in [0.2, 0.25) is 0 Å². The second-order valence-corrected chi connectivity index (χ2v) is 7.11. The summed E-state index contributed by atoms with van der Waals surface area (Å²) in [6, 6.07) is 13.0. The molecule has 1 heterocycles. The first-order valence-electron chi connectivity index (χ1n) is 8.96. The molecule has 0 radical (unpaired) electrons. The number of rotatable bonds is 7. The van der Waals surface area contributed by atoms with Crippen LogP contribution in [0.4, 0.5) is 17.1 Å². The van der Waals surface area contributed by atoms with Gasteiger partial charge in [0.05, 0.1) is 6.04 Å². The molecule has 140 valence electrons. The Bertz CT molecular complexity index is 1060. The normalized spacial score (nSPS) is 12.3. The van der Waals surface area contributed by atoms with Gasteiger partial charge >= 0.3 is 0 Å². The zero-order chi connectivity index (χ0) is 19.6. The Kier molecular flexibility index (Phi) is 5.26. The minimum Gasteiger partial charge on any atom is -0.373 e. The molecule has 3 rings (SSSR count). The highest BCUT2D eigenvalue weighted by Crippen LogP contribution is 2.28. The number of nitrogens with one attached hydrogen (secondary N) is 2. The van der Waals surface area contributed by atoms with E-state index in [0.29, 0.717) is 5.92 Å². The molecule has 0 amide bonds. The molecule has 0 fully saturated rings. The van der Waals surface area contributed by atoms with Crippen LogP contribution < -0.4 is 27.1 Å². The van der Waals surface area contributed by atoms with Crippen molar-refractivity contribution in [2.24, 2.45) is 13.0 Å². The first-order valence-corrected chi connectivity index (χ1v) is 8.96. The molecule has 0 aliphatic heterocycles. The number of nitrogens with zero attached hydrogens (tertiary/aromatic N) is 1. The smallest absolute Gasteiger partial charge is 0.273 e. The van der Waals surface area contributed by atoms with Gasteiger partial charge in [-0.25, -0.2) is 0 Å². The third-order valence-corrected chi connectivity index (χ3v) is 4.52. The van der Waals surface area contributed by atoms with Crippen molar-refractivity contribution in [3.8, 4) is 0 Å². The van der Waals surface area contributed by atoms with Crippen molar-refractivity contribution in [1.82, 2.24) is 4.57 Å². The van der Waals surface area contributed by atoms with Gasteiger partial charge in [-0.3, -0.25) is 14.4 Å². The highest BCUT2D eigenvalue weighted by atomic mass is 16.2. The Hall–Kier alpha value is -3.15. The molecule has 2 N–H and O–H groups in total. The minimum absolute atomic E-state index is 0.103. The predicted molar refractivity (Wildman–Crippen MR) is 109 cm³/mol. The van der Waals surface area contributed by atoms with E-state index in [4.69, 9.17) is 0 Å². The van der Waals surface area contributed by atoms with E-state index in [1.807, 2.05) is 30.3 Å². The van der Waals surface area contributed by atoms with E-state index >= 15 is 0 Å². The van der Waals surface area contributed by atoms with Crippen LogP contribution >= 0.6 is 0 Å². The zero-order valence-corrected chi connectivity index (χ0v) is 15.7. The molecular formula is C21H23N3O3. The molecule has 1 atom stereocenters. The van der Waals surface area contributed by atoms with Crippen molar-refractivity contribution in [3.63, 3.8) is 0 Å². The standard InChI is InChI=1S/C21H23N3O3/c1-13(2)12-16(14-8-5-4-6-9-14)23-18-17(19(25)20(18)26)22-15-10-7-11-24(3)21(15)27/h4-11,13,16,22-23H,12H2,1-3H3. The van der Waals surface area contributed by atoms with Crippen molar-refractivity contribution >= 4 is 17.1 Å². The van der Waals surface area contributed by atoms with Crippen molar-refractivity contribution in [3.05, 3.63) is 85.0 Å². The lowest BCUT2D eigenvalue weighted by atomic mass is 9.96. The fraction of sp³-hybridized carbons (Fsp3) is 0.286. The molecule has 0 bridgehead atoms. The third-order valence-electron chi connectivity index (χ3n) is 4.52. The number of aryl methyl sites for hydroxylation is 1. The summed E-state index contributed by atoms with van der Waals surface area (Å²) in [5.74, 6) is 0.395. The van der Waals surface area contributed by atoms with Crippen LogP contribution in [0.15, 0.2) is 63.0 Å². The average Bonchev–Trinajstić information content (AvgIpc) is 2.66. The predicted octanol–water partition coefficient (Wildman–Crippen LogP) is 2.92. The van der Waals surface area contributed by atoms with Crippen molar-refractivity contribution in [1.29, 1.82) is 0 Å². The summed E-state index contributed by atoms with van der Waals surface area (Å²) in [5.41, 5.74) is 0.248. The average molecular weight is 365 g/mol. The van der Waals surface area contributed by atoms with Crippen LogP contribution in [0.2, 0.25) is 0 Å². The van der Waals surface area contributed by atoms with Gasteiger partial charge in [0.25, 0.3) is 16.4 Å².